The smallest absolute Gasteiger partial charge is 0.325 e. The van der Waals surface area contributed by atoms with E-state index in [-0.39, 0.29) is 33.4 Å². The van der Waals surface area contributed by atoms with Crippen molar-refractivity contribution in [1.29, 1.82) is 0 Å². The van der Waals surface area contributed by atoms with Gasteiger partial charge in [0, 0.05) is 6.54 Å². The number of primary sulfonamides is 1. The summed E-state index contributed by atoms with van der Waals surface area (Å²) in [4.78, 5) is 29.5. The molecule has 194 valence electrons. The molecule has 2 N–H and O–H groups in total. The van der Waals surface area contributed by atoms with Crippen molar-refractivity contribution >= 4 is 76.4 Å². The molecule has 0 spiro atoms. The number of benzene rings is 1. The van der Waals surface area contributed by atoms with Crippen molar-refractivity contribution in [1.82, 2.24) is 8.87 Å². The summed E-state index contributed by atoms with van der Waals surface area (Å²) in [5, 5.41) is 5.23. The number of halogens is 1. The Balaban J connectivity index is 1.80. The average molecular weight is 593 g/mol. The number of thiophene rings is 1. The minimum atomic E-state index is -3.99. The van der Waals surface area contributed by atoms with Gasteiger partial charge in [0.2, 0.25) is 10.0 Å². The first-order valence-electron chi connectivity index (χ1n) is 10.5. The molecule has 0 saturated carbocycles. The number of esters is 1. The highest BCUT2D eigenvalue weighted by Gasteiger charge is 2.38. The zero-order valence-corrected chi connectivity index (χ0v) is 22.8. The van der Waals surface area contributed by atoms with Crippen LogP contribution in [0.4, 0.5) is 0 Å². The van der Waals surface area contributed by atoms with Crippen LogP contribution in [-0.4, -0.2) is 57.3 Å². The number of fused-ring (bicyclic) bond motifs is 1. The number of thiazole rings is 1. The summed E-state index contributed by atoms with van der Waals surface area (Å²) in [6.07, 6.45) is 1.50. The molecular formula is C20H21ClN4O7S4. The molecular weight excluding hydrogens is 572 g/mol. The standard InChI is InChI=1S/C20H21ClN4O7S4/c1-32-17(26)11-24-13-6-5-12(35(22,28)29)10-15(13)33-20(24)23-19(27)14-4-2-3-9-25(14)36(30,31)18-8-7-16(21)34-18/h5-8,10,14H,2-4,9,11H2,1H3,(H2,22,28,29). The third kappa shape index (κ3) is 5.41. The Morgan fingerprint density at radius 1 is 1.17 bits per heavy atom. The van der Waals surface area contributed by atoms with Crippen LogP contribution in [-0.2, 0) is 40.9 Å². The van der Waals surface area contributed by atoms with Gasteiger partial charge in [-0.3, -0.25) is 9.59 Å². The summed E-state index contributed by atoms with van der Waals surface area (Å²) in [7, 11) is -6.76. The fraction of sp³-hybridized carbons (Fsp3) is 0.350. The van der Waals surface area contributed by atoms with Gasteiger partial charge in [-0.2, -0.15) is 9.30 Å². The van der Waals surface area contributed by atoms with E-state index < -0.39 is 38.0 Å². The summed E-state index contributed by atoms with van der Waals surface area (Å²) in [5.74, 6) is -1.31. The molecule has 3 heterocycles. The van der Waals surface area contributed by atoms with Crippen LogP contribution in [0.3, 0.4) is 0 Å². The topological polar surface area (TPSA) is 158 Å². The predicted octanol–water partition coefficient (Wildman–Crippen LogP) is 1.91. The molecule has 1 aliphatic rings. The second kappa shape index (κ2) is 10.3. The fourth-order valence-corrected chi connectivity index (χ4v) is 8.77. The van der Waals surface area contributed by atoms with E-state index in [1.807, 2.05) is 0 Å². The molecule has 4 rings (SSSR count). The van der Waals surface area contributed by atoms with Crippen LogP contribution >= 0.6 is 34.3 Å². The van der Waals surface area contributed by atoms with Crippen molar-refractivity contribution in [2.24, 2.45) is 10.1 Å². The van der Waals surface area contributed by atoms with Crippen molar-refractivity contribution in [2.45, 2.75) is 41.0 Å². The second-order valence-electron chi connectivity index (χ2n) is 7.86. The van der Waals surface area contributed by atoms with E-state index in [1.165, 1.54) is 42.0 Å². The molecule has 0 radical (unpaired) electrons. The first kappa shape index (κ1) is 26.9. The lowest BCUT2D eigenvalue weighted by Crippen LogP contribution is -2.47. The minimum absolute atomic E-state index is 0.0327. The third-order valence-electron chi connectivity index (χ3n) is 5.55. The van der Waals surface area contributed by atoms with Crippen LogP contribution in [0.15, 0.2) is 44.4 Å². The Morgan fingerprint density at radius 2 is 1.92 bits per heavy atom. The predicted molar refractivity (Wildman–Crippen MR) is 135 cm³/mol. The zero-order valence-electron chi connectivity index (χ0n) is 18.8. The minimum Gasteiger partial charge on any atom is -0.468 e. The summed E-state index contributed by atoms with van der Waals surface area (Å²) in [5.41, 5.74) is 0.436. The molecule has 0 aliphatic carbocycles. The number of hydrogen-bond donors (Lipinski definition) is 1. The molecule has 1 atom stereocenters. The molecule has 11 nitrogen and oxygen atoms in total. The number of aromatic nitrogens is 1. The lowest BCUT2D eigenvalue weighted by molar-refractivity contribution is -0.141. The number of nitrogens with zero attached hydrogens (tertiary/aromatic N) is 3. The van der Waals surface area contributed by atoms with Crippen LogP contribution in [0.25, 0.3) is 10.2 Å². The normalized spacial score (nSPS) is 18.0. The summed E-state index contributed by atoms with van der Waals surface area (Å²) >= 11 is 7.80. The van der Waals surface area contributed by atoms with Gasteiger partial charge in [-0.25, -0.2) is 22.0 Å². The van der Waals surface area contributed by atoms with Crippen molar-refractivity contribution in [3.05, 3.63) is 39.5 Å². The average Bonchev–Trinajstić information content (AvgIpc) is 3.42. The highest BCUT2D eigenvalue weighted by molar-refractivity contribution is 7.91. The molecule has 1 fully saturated rings. The van der Waals surface area contributed by atoms with Crippen molar-refractivity contribution < 1.29 is 31.2 Å². The number of rotatable bonds is 6. The highest BCUT2D eigenvalue weighted by atomic mass is 35.5. The number of carbonyl (C=O) groups is 2. The molecule has 1 aliphatic heterocycles. The van der Waals surface area contributed by atoms with Gasteiger partial charge < -0.3 is 9.30 Å². The summed E-state index contributed by atoms with van der Waals surface area (Å²) < 4.78 is 58.1. The van der Waals surface area contributed by atoms with E-state index in [2.05, 4.69) is 4.99 Å². The first-order valence-corrected chi connectivity index (χ1v) is 15.5. The van der Waals surface area contributed by atoms with Gasteiger partial charge in [0.05, 0.1) is 26.6 Å². The Hall–Kier alpha value is -2.14. The number of sulfonamides is 2. The monoisotopic (exact) mass is 592 g/mol. The number of carbonyl (C=O) groups excluding carboxylic acids is 2. The van der Waals surface area contributed by atoms with E-state index in [0.717, 1.165) is 27.0 Å². The lowest BCUT2D eigenvalue weighted by Gasteiger charge is -2.31. The molecule has 36 heavy (non-hydrogen) atoms. The van der Waals surface area contributed by atoms with Gasteiger partial charge in [0.25, 0.3) is 15.9 Å². The number of amides is 1. The van der Waals surface area contributed by atoms with Crippen molar-refractivity contribution in [2.75, 3.05) is 13.7 Å². The largest absolute Gasteiger partial charge is 0.468 e. The first-order chi connectivity index (χ1) is 16.9. The lowest BCUT2D eigenvalue weighted by atomic mass is 10.0. The maximum absolute atomic E-state index is 13.3. The van der Waals surface area contributed by atoms with E-state index in [9.17, 15) is 26.4 Å². The van der Waals surface area contributed by atoms with Crippen LogP contribution in [0, 0.1) is 0 Å². The quantitative estimate of drug-likeness (QED) is 0.428. The number of ether oxygens (including phenoxy) is 1. The van der Waals surface area contributed by atoms with Gasteiger partial charge in [-0.15, -0.1) is 11.3 Å². The van der Waals surface area contributed by atoms with Crippen LogP contribution in [0.5, 0.6) is 0 Å². The molecule has 16 heteroatoms. The van der Waals surface area contributed by atoms with Gasteiger partial charge >= 0.3 is 5.97 Å². The maximum atomic E-state index is 13.3. The number of nitrogens with two attached hydrogens (primary N) is 1. The number of piperidine rings is 1. The zero-order chi connectivity index (χ0) is 26.3. The van der Waals surface area contributed by atoms with Gasteiger partial charge in [0.15, 0.2) is 4.80 Å². The van der Waals surface area contributed by atoms with Crippen LogP contribution in [0.2, 0.25) is 4.34 Å². The highest BCUT2D eigenvalue weighted by Crippen LogP contribution is 2.32. The SMILES string of the molecule is COC(=O)Cn1c(=NC(=O)C2CCCCN2S(=O)(=O)c2ccc(Cl)s2)sc2cc(S(N)(=O)=O)ccc21. The van der Waals surface area contributed by atoms with Gasteiger partial charge in [0.1, 0.15) is 16.8 Å². The van der Waals surface area contributed by atoms with E-state index in [1.54, 1.807) is 0 Å². The Kier molecular flexibility index (Phi) is 7.71. The number of hydrogen-bond acceptors (Lipinski definition) is 9. The van der Waals surface area contributed by atoms with E-state index in [0.29, 0.717) is 27.4 Å². The molecule has 1 aromatic carbocycles. The van der Waals surface area contributed by atoms with Crippen molar-refractivity contribution in [3.8, 4) is 0 Å². The Bertz CT molecular complexity index is 1620. The van der Waals surface area contributed by atoms with E-state index in [4.69, 9.17) is 21.5 Å². The van der Waals surface area contributed by atoms with Crippen molar-refractivity contribution in [3.63, 3.8) is 0 Å². The number of methoxy groups -OCH3 is 1. The van der Waals surface area contributed by atoms with Crippen LogP contribution < -0.4 is 9.94 Å². The van der Waals surface area contributed by atoms with Gasteiger partial charge in [-0.1, -0.05) is 29.4 Å². The Morgan fingerprint density at radius 3 is 2.56 bits per heavy atom. The summed E-state index contributed by atoms with van der Waals surface area (Å²) in [6.45, 7) is -0.145. The molecule has 2 aromatic heterocycles. The Labute approximate surface area is 219 Å². The fourth-order valence-electron chi connectivity index (χ4n) is 3.82. The van der Waals surface area contributed by atoms with Gasteiger partial charge in [-0.05, 0) is 43.2 Å². The van der Waals surface area contributed by atoms with E-state index >= 15 is 0 Å². The maximum Gasteiger partial charge on any atom is 0.325 e. The molecule has 1 unspecified atom stereocenters. The molecule has 1 amide bonds. The second-order valence-corrected chi connectivity index (χ2v) is 14.3. The van der Waals surface area contributed by atoms with Crippen LogP contribution in [0.1, 0.15) is 19.3 Å². The molecule has 1 saturated heterocycles. The molecule has 0 bridgehead atoms. The summed E-state index contributed by atoms with van der Waals surface area (Å²) in [6, 6.07) is 5.90. The third-order valence-corrected chi connectivity index (χ3v) is 11.1. The molecule has 3 aromatic rings.